The summed E-state index contributed by atoms with van der Waals surface area (Å²) in [4.78, 5) is 22.4. The maximum Gasteiger partial charge on any atom is 0.236 e. The van der Waals surface area contributed by atoms with Gasteiger partial charge in [0.25, 0.3) is 0 Å². The molecular weight excluding hydrogens is 324 g/mol. The second kappa shape index (κ2) is 7.21. The molecule has 0 spiro atoms. The number of fused-ring (bicyclic) bond motifs is 1. The third-order valence-corrected chi connectivity index (χ3v) is 5.60. The number of ether oxygens (including phenoxy) is 1. The molecule has 24 heavy (non-hydrogen) atoms. The van der Waals surface area contributed by atoms with Crippen molar-refractivity contribution in [1.82, 2.24) is 19.2 Å². The molecule has 2 fully saturated rings. The van der Waals surface area contributed by atoms with Gasteiger partial charge in [-0.25, -0.2) is 4.98 Å². The Balaban J connectivity index is 1.43. The lowest BCUT2D eigenvalue weighted by molar-refractivity contribution is -0.131. The second-order valence-electron chi connectivity index (χ2n) is 6.72. The zero-order valence-electron chi connectivity index (χ0n) is 13.9. The molecule has 2 saturated heterocycles. The molecule has 1 atom stereocenters. The Labute approximate surface area is 146 Å². The van der Waals surface area contributed by atoms with E-state index in [1.165, 1.54) is 0 Å². The van der Waals surface area contributed by atoms with Gasteiger partial charge in [0, 0.05) is 50.6 Å². The number of likely N-dealkylation sites (tertiary alicyclic amines) is 1. The molecule has 2 aliphatic rings. The number of hydrogen-bond donors (Lipinski definition) is 0. The Kier molecular flexibility index (Phi) is 4.82. The Bertz CT molecular complexity index is 657. The first-order valence-electron chi connectivity index (χ1n) is 8.81. The van der Waals surface area contributed by atoms with E-state index in [0.717, 1.165) is 62.6 Å². The summed E-state index contributed by atoms with van der Waals surface area (Å²) < 4.78 is 7.83. The van der Waals surface area contributed by atoms with E-state index in [-0.39, 0.29) is 12.0 Å². The van der Waals surface area contributed by atoms with Crippen LogP contribution in [-0.2, 0) is 16.1 Å². The average Bonchev–Trinajstić information content (AvgIpc) is 3.32. The molecule has 0 aromatic carbocycles. The first kappa shape index (κ1) is 16.1. The highest BCUT2D eigenvalue weighted by Crippen LogP contribution is 2.17. The van der Waals surface area contributed by atoms with E-state index in [2.05, 4.69) is 16.1 Å². The topological polar surface area (TPSA) is 50.1 Å². The molecule has 2 aromatic heterocycles. The Morgan fingerprint density at radius 1 is 1.38 bits per heavy atom. The van der Waals surface area contributed by atoms with Crippen LogP contribution in [0, 0.1) is 0 Å². The molecule has 2 aliphatic heterocycles. The number of rotatable bonds is 6. The van der Waals surface area contributed by atoms with Gasteiger partial charge in [-0.05, 0) is 25.7 Å². The largest absolute Gasteiger partial charge is 0.377 e. The van der Waals surface area contributed by atoms with Crippen molar-refractivity contribution in [2.24, 2.45) is 0 Å². The molecule has 0 N–H and O–H groups in total. The third-order valence-electron chi connectivity index (χ3n) is 4.83. The lowest BCUT2D eigenvalue weighted by atomic mass is 10.2. The predicted octanol–water partition coefficient (Wildman–Crippen LogP) is 2.00. The van der Waals surface area contributed by atoms with Crippen LogP contribution in [0.1, 0.15) is 31.4 Å². The lowest BCUT2D eigenvalue weighted by Crippen LogP contribution is -2.41. The number of amides is 1. The second-order valence-corrected chi connectivity index (χ2v) is 7.59. The summed E-state index contributed by atoms with van der Waals surface area (Å²) >= 11 is 1.64. The maximum absolute atomic E-state index is 12.6. The first-order valence-corrected chi connectivity index (χ1v) is 9.69. The number of carbonyl (C=O) groups is 1. The first-order chi connectivity index (χ1) is 11.8. The van der Waals surface area contributed by atoms with Crippen molar-refractivity contribution >= 4 is 22.2 Å². The summed E-state index contributed by atoms with van der Waals surface area (Å²) in [5.41, 5.74) is 1.02. The van der Waals surface area contributed by atoms with Crippen LogP contribution in [0.4, 0.5) is 0 Å². The van der Waals surface area contributed by atoms with Gasteiger partial charge in [-0.15, -0.1) is 11.3 Å². The highest BCUT2D eigenvalue weighted by atomic mass is 32.1. The summed E-state index contributed by atoms with van der Waals surface area (Å²) in [5, 5.41) is 2.03. The highest BCUT2D eigenvalue weighted by Gasteiger charge is 2.25. The van der Waals surface area contributed by atoms with Gasteiger partial charge in [0.1, 0.15) is 0 Å². The van der Waals surface area contributed by atoms with Gasteiger partial charge in [0.15, 0.2) is 4.96 Å². The van der Waals surface area contributed by atoms with Crippen molar-refractivity contribution in [3.8, 4) is 0 Å². The summed E-state index contributed by atoms with van der Waals surface area (Å²) in [7, 11) is 0. The smallest absolute Gasteiger partial charge is 0.236 e. The standard InChI is InChI=1S/C17H24N4O2S/c22-16(20-5-1-2-6-20)13-19(12-15-4-3-8-23-15)10-14-11-21-7-9-24-17(21)18-14/h7,9,11,15H,1-6,8,10,12-13H2. The molecule has 6 nitrogen and oxygen atoms in total. The number of carbonyl (C=O) groups excluding carboxylic acids is 1. The molecule has 130 valence electrons. The van der Waals surface area contributed by atoms with E-state index < -0.39 is 0 Å². The van der Waals surface area contributed by atoms with Crippen molar-refractivity contribution in [2.75, 3.05) is 32.8 Å². The van der Waals surface area contributed by atoms with Gasteiger partial charge in [0.2, 0.25) is 5.91 Å². The van der Waals surface area contributed by atoms with Gasteiger partial charge in [-0.3, -0.25) is 14.1 Å². The highest BCUT2D eigenvalue weighted by molar-refractivity contribution is 7.15. The molecular formula is C17H24N4O2S. The van der Waals surface area contributed by atoms with E-state index in [9.17, 15) is 4.79 Å². The van der Waals surface area contributed by atoms with Crippen molar-refractivity contribution in [2.45, 2.75) is 38.3 Å². The molecule has 2 aromatic rings. The number of aromatic nitrogens is 2. The van der Waals surface area contributed by atoms with Gasteiger partial charge >= 0.3 is 0 Å². The molecule has 7 heteroatoms. The summed E-state index contributed by atoms with van der Waals surface area (Å²) in [5.74, 6) is 0.242. The summed E-state index contributed by atoms with van der Waals surface area (Å²) in [6.45, 7) is 4.64. The van der Waals surface area contributed by atoms with Crippen molar-refractivity contribution in [3.63, 3.8) is 0 Å². The number of imidazole rings is 1. The Morgan fingerprint density at radius 3 is 3.00 bits per heavy atom. The predicted molar refractivity (Wildman–Crippen MR) is 93.1 cm³/mol. The van der Waals surface area contributed by atoms with Gasteiger partial charge in [-0.1, -0.05) is 0 Å². The molecule has 4 rings (SSSR count). The van der Waals surface area contributed by atoms with Crippen LogP contribution in [0.3, 0.4) is 0 Å². The minimum absolute atomic E-state index is 0.242. The number of hydrogen-bond acceptors (Lipinski definition) is 5. The zero-order valence-corrected chi connectivity index (χ0v) is 14.7. The maximum atomic E-state index is 12.6. The van der Waals surface area contributed by atoms with Gasteiger partial charge in [0.05, 0.1) is 18.3 Å². The van der Waals surface area contributed by atoms with E-state index in [0.29, 0.717) is 13.1 Å². The molecule has 0 radical (unpaired) electrons. The zero-order chi connectivity index (χ0) is 16.4. The summed E-state index contributed by atoms with van der Waals surface area (Å²) in [6, 6.07) is 0. The fourth-order valence-electron chi connectivity index (χ4n) is 3.60. The molecule has 1 amide bonds. The normalized spacial score (nSPS) is 21.4. The SMILES string of the molecule is O=C(CN(Cc1cn2ccsc2n1)CC1CCCO1)N1CCCC1. The van der Waals surface area contributed by atoms with E-state index >= 15 is 0 Å². The molecule has 0 bridgehead atoms. The van der Waals surface area contributed by atoms with Crippen LogP contribution >= 0.6 is 11.3 Å². The molecule has 0 saturated carbocycles. The summed E-state index contributed by atoms with van der Waals surface area (Å²) in [6.07, 6.45) is 8.82. The Morgan fingerprint density at radius 2 is 2.25 bits per heavy atom. The molecule has 4 heterocycles. The van der Waals surface area contributed by atoms with Crippen molar-refractivity contribution < 1.29 is 9.53 Å². The lowest BCUT2D eigenvalue weighted by Gasteiger charge is -2.26. The minimum atomic E-state index is 0.242. The van der Waals surface area contributed by atoms with Crippen molar-refractivity contribution in [3.05, 3.63) is 23.5 Å². The van der Waals surface area contributed by atoms with Gasteiger partial charge in [-0.2, -0.15) is 0 Å². The minimum Gasteiger partial charge on any atom is -0.377 e. The molecule has 1 unspecified atom stereocenters. The quantitative estimate of drug-likeness (QED) is 0.801. The monoisotopic (exact) mass is 348 g/mol. The van der Waals surface area contributed by atoms with Crippen LogP contribution in [0.2, 0.25) is 0 Å². The Hall–Kier alpha value is -1.44. The van der Waals surface area contributed by atoms with Crippen LogP contribution in [0.25, 0.3) is 4.96 Å². The van der Waals surface area contributed by atoms with Crippen LogP contribution in [-0.4, -0.2) is 64.0 Å². The van der Waals surface area contributed by atoms with Gasteiger partial charge < -0.3 is 9.64 Å². The fraction of sp³-hybridized carbons (Fsp3) is 0.647. The van der Waals surface area contributed by atoms with Crippen LogP contribution < -0.4 is 0 Å². The molecule has 0 aliphatic carbocycles. The van der Waals surface area contributed by atoms with E-state index in [1.807, 2.05) is 20.9 Å². The number of thiazole rings is 1. The van der Waals surface area contributed by atoms with E-state index in [1.54, 1.807) is 11.3 Å². The van der Waals surface area contributed by atoms with Crippen molar-refractivity contribution in [1.29, 1.82) is 0 Å². The fourth-order valence-corrected chi connectivity index (χ4v) is 4.32. The van der Waals surface area contributed by atoms with Crippen LogP contribution in [0.15, 0.2) is 17.8 Å². The number of nitrogens with zero attached hydrogens (tertiary/aromatic N) is 4. The van der Waals surface area contributed by atoms with Crippen LogP contribution in [0.5, 0.6) is 0 Å². The average molecular weight is 348 g/mol. The van der Waals surface area contributed by atoms with E-state index in [4.69, 9.17) is 4.74 Å². The third kappa shape index (κ3) is 3.63.